The second-order valence-electron chi connectivity index (χ2n) is 4.05. The number of ether oxygens (including phenoxy) is 1. The van der Waals surface area contributed by atoms with E-state index in [1.54, 1.807) is 6.92 Å². The first-order valence-corrected chi connectivity index (χ1v) is 6.04. The van der Waals surface area contributed by atoms with Gasteiger partial charge in [0.2, 0.25) is 0 Å². The summed E-state index contributed by atoms with van der Waals surface area (Å²) in [6.07, 6.45) is -1.41. The van der Waals surface area contributed by atoms with Crippen molar-refractivity contribution in [1.29, 1.82) is 0 Å². The van der Waals surface area contributed by atoms with E-state index < -0.39 is 25.0 Å². The molecule has 8 heteroatoms. The van der Waals surface area contributed by atoms with Gasteiger partial charge in [-0.3, -0.25) is 4.79 Å². The number of hydrogen-bond donors (Lipinski definition) is 3. The van der Waals surface area contributed by atoms with Crippen LogP contribution in [0.2, 0.25) is 0 Å². The Hall–Kier alpha value is -1.44. The fourth-order valence-electron chi connectivity index (χ4n) is 1.32. The Morgan fingerprint density at radius 3 is 2.63 bits per heavy atom. The molecule has 0 fully saturated rings. The van der Waals surface area contributed by atoms with Crippen molar-refractivity contribution in [1.82, 2.24) is 10.6 Å². The van der Waals surface area contributed by atoms with Crippen molar-refractivity contribution in [2.45, 2.75) is 38.7 Å². The molecule has 0 aliphatic carbocycles. The molecule has 0 aromatic heterocycles. The summed E-state index contributed by atoms with van der Waals surface area (Å²) in [6, 6.07) is -0.579. The molecule has 0 spiro atoms. The zero-order chi connectivity index (χ0) is 14.7. The van der Waals surface area contributed by atoms with Crippen molar-refractivity contribution in [3.63, 3.8) is 0 Å². The normalized spacial score (nSPS) is 12.2. The molecular formula is C11H20F2N2O4. The number of carbonyl (C=O) groups excluding carboxylic acids is 1. The number of nitrogens with one attached hydrogen (secondary N) is 2. The molecule has 0 aliphatic heterocycles. The summed E-state index contributed by atoms with van der Waals surface area (Å²) in [7, 11) is 0. The molecule has 0 aromatic rings. The molecule has 0 radical (unpaired) electrons. The van der Waals surface area contributed by atoms with Gasteiger partial charge in [0.1, 0.15) is 6.61 Å². The van der Waals surface area contributed by atoms with Gasteiger partial charge in [-0.1, -0.05) is 0 Å². The zero-order valence-corrected chi connectivity index (χ0v) is 10.8. The van der Waals surface area contributed by atoms with E-state index in [4.69, 9.17) is 5.11 Å². The topological polar surface area (TPSA) is 87.7 Å². The fraction of sp³-hybridized carbons (Fsp3) is 0.818. The lowest BCUT2D eigenvalue weighted by molar-refractivity contribution is -0.137. The molecule has 112 valence electrons. The molecule has 0 rings (SSSR count). The number of urea groups is 1. The van der Waals surface area contributed by atoms with Gasteiger partial charge in [0.25, 0.3) is 6.43 Å². The van der Waals surface area contributed by atoms with E-state index in [2.05, 4.69) is 15.4 Å². The maximum atomic E-state index is 11.7. The van der Waals surface area contributed by atoms with Crippen LogP contribution >= 0.6 is 0 Å². The van der Waals surface area contributed by atoms with Crippen LogP contribution in [0, 0.1) is 0 Å². The fourth-order valence-corrected chi connectivity index (χ4v) is 1.32. The summed E-state index contributed by atoms with van der Waals surface area (Å²) < 4.78 is 28.0. The predicted octanol–water partition coefficient (Wildman–Crippen LogP) is 1.21. The largest absolute Gasteiger partial charge is 0.481 e. The molecule has 1 atom stereocenters. The monoisotopic (exact) mass is 282 g/mol. The van der Waals surface area contributed by atoms with E-state index in [0.717, 1.165) is 0 Å². The molecule has 0 saturated carbocycles. The highest BCUT2D eigenvalue weighted by molar-refractivity contribution is 5.74. The van der Waals surface area contributed by atoms with E-state index >= 15 is 0 Å². The van der Waals surface area contributed by atoms with E-state index in [1.165, 1.54) is 0 Å². The number of aliphatic carboxylic acids is 1. The van der Waals surface area contributed by atoms with E-state index in [1.807, 2.05) is 0 Å². The summed E-state index contributed by atoms with van der Waals surface area (Å²) >= 11 is 0. The minimum absolute atomic E-state index is 0.0190. The van der Waals surface area contributed by atoms with Crippen LogP contribution in [-0.4, -0.2) is 49.3 Å². The van der Waals surface area contributed by atoms with Crippen LogP contribution in [-0.2, 0) is 9.53 Å². The summed E-state index contributed by atoms with van der Waals surface area (Å²) in [5.74, 6) is -0.868. The van der Waals surface area contributed by atoms with Gasteiger partial charge >= 0.3 is 12.0 Å². The highest BCUT2D eigenvalue weighted by atomic mass is 19.3. The lowest BCUT2D eigenvalue weighted by atomic mass is 10.1. The molecule has 3 N–H and O–H groups in total. The summed E-state index contributed by atoms with van der Waals surface area (Å²) in [4.78, 5) is 21.6. The van der Waals surface area contributed by atoms with Crippen LogP contribution in [0.25, 0.3) is 0 Å². The van der Waals surface area contributed by atoms with Gasteiger partial charge < -0.3 is 20.5 Å². The third-order valence-electron chi connectivity index (χ3n) is 2.18. The number of rotatable bonds is 10. The molecule has 0 saturated heterocycles. The molecule has 19 heavy (non-hydrogen) atoms. The number of carbonyl (C=O) groups is 2. The Labute approximate surface area is 110 Å². The maximum absolute atomic E-state index is 11.7. The molecule has 0 heterocycles. The first kappa shape index (κ1) is 17.6. The van der Waals surface area contributed by atoms with Crippen molar-refractivity contribution >= 4 is 12.0 Å². The van der Waals surface area contributed by atoms with Crippen molar-refractivity contribution in [2.24, 2.45) is 0 Å². The Bertz CT molecular complexity index is 277. The smallest absolute Gasteiger partial charge is 0.315 e. The van der Waals surface area contributed by atoms with Gasteiger partial charge in [0, 0.05) is 19.0 Å². The number of amides is 2. The minimum Gasteiger partial charge on any atom is -0.481 e. The first-order chi connectivity index (χ1) is 8.91. The van der Waals surface area contributed by atoms with Gasteiger partial charge in [-0.25, -0.2) is 13.6 Å². The third kappa shape index (κ3) is 12.8. The van der Waals surface area contributed by atoms with Crippen LogP contribution in [0.1, 0.15) is 26.2 Å². The van der Waals surface area contributed by atoms with Crippen LogP contribution in [0.3, 0.4) is 0 Å². The first-order valence-electron chi connectivity index (χ1n) is 6.04. The molecule has 0 aromatic carbocycles. The molecule has 0 aliphatic rings. The molecule has 2 amide bonds. The Balaban J connectivity index is 3.49. The number of hydrogen-bond acceptors (Lipinski definition) is 3. The van der Waals surface area contributed by atoms with Crippen molar-refractivity contribution in [2.75, 3.05) is 19.8 Å². The summed E-state index contributed by atoms with van der Waals surface area (Å²) in [5.41, 5.74) is 0. The number of halogens is 2. The highest BCUT2D eigenvalue weighted by Crippen LogP contribution is 2.00. The summed E-state index contributed by atoms with van der Waals surface area (Å²) in [6.45, 7) is 1.27. The third-order valence-corrected chi connectivity index (χ3v) is 2.18. The van der Waals surface area contributed by atoms with Gasteiger partial charge in [-0.2, -0.15) is 0 Å². The average Bonchev–Trinajstić information content (AvgIpc) is 2.27. The Kier molecular flexibility index (Phi) is 9.69. The lowest BCUT2D eigenvalue weighted by Crippen LogP contribution is -2.42. The van der Waals surface area contributed by atoms with Crippen LogP contribution in [0.5, 0.6) is 0 Å². The SMILES string of the molecule is CC(CCCC(=O)O)NC(=O)NCCOCC(F)F. The van der Waals surface area contributed by atoms with E-state index in [-0.39, 0.29) is 25.6 Å². The van der Waals surface area contributed by atoms with Crippen LogP contribution in [0.4, 0.5) is 13.6 Å². The van der Waals surface area contributed by atoms with E-state index in [9.17, 15) is 18.4 Å². The molecular weight excluding hydrogens is 262 g/mol. The number of carboxylic acid groups (broad SMARTS) is 1. The van der Waals surface area contributed by atoms with Crippen molar-refractivity contribution in [3.05, 3.63) is 0 Å². The van der Waals surface area contributed by atoms with E-state index in [0.29, 0.717) is 12.8 Å². The quantitative estimate of drug-likeness (QED) is 0.526. The molecule has 0 bridgehead atoms. The lowest BCUT2D eigenvalue weighted by Gasteiger charge is -2.14. The van der Waals surface area contributed by atoms with Crippen molar-refractivity contribution < 1.29 is 28.2 Å². The minimum atomic E-state index is -2.51. The van der Waals surface area contributed by atoms with Crippen molar-refractivity contribution in [3.8, 4) is 0 Å². The standard InChI is InChI=1S/C11H20F2N2O4/c1-8(3-2-4-10(16)17)15-11(18)14-5-6-19-7-9(12)13/h8-9H,2-7H2,1H3,(H,16,17)(H2,14,15,18). The summed E-state index contributed by atoms with van der Waals surface area (Å²) in [5, 5.41) is 13.5. The van der Waals surface area contributed by atoms with Gasteiger partial charge in [0.15, 0.2) is 0 Å². The number of alkyl halides is 2. The Morgan fingerprint density at radius 1 is 1.37 bits per heavy atom. The zero-order valence-electron chi connectivity index (χ0n) is 10.8. The van der Waals surface area contributed by atoms with Gasteiger partial charge in [-0.05, 0) is 19.8 Å². The van der Waals surface area contributed by atoms with Gasteiger partial charge in [-0.15, -0.1) is 0 Å². The molecule has 6 nitrogen and oxygen atoms in total. The number of carboxylic acids is 1. The maximum Gasteiger partial charge on any atom is 0.315 e. The van der Waals surface area contributed by atoms with Gasteiger partial charge in [0.05, 0.1) is 6.61 Å². The van der Waals surface area contributed by atoms with Crippen LogP contribution < -0.4 is 10.6 Å². The predicted molar refractivity (Wildman–Crippen MR) is 64.3 cm³/mol. The average molecular weight is 282 g/mol. The molecule has 1 unspecified atom stereocenters. The van der Waals surface area contributed by atoms with Crippen LogP contribution in [0.15, 0.2) is 0 Å². The second-order valence-corrected chi connectivity index (χ2v) is 4.05. The second kappa shape index (κ2) is 10.5. The highest BCUT2D eigenvalue weighted by Gasteiger charge is 2.07. The Morgan fingerprint density at radius 2 is 2.05 bits per heavy atom.